The van der Waals surface area contributed by atoms with Gasteiger partial charge in [0.1, 0.15) is 5.82 Å². The van der Waals surface area contributed by atoms with Crippen LogP contribution in [0.15, 0.2) is 18.2 Å². The van der Waals surface area contributed by atoms with Gasteiger partial charge in [0.2, 0.25) is 11.9 Å². The SMILES string of the molecule is CCCNc1nc(Nc2cc(C)ccc2F)nc(OC)n1. The molecule has 0 aliphatic rings. The molecule has 0 amide bonds. The van der Waals surface area contributed by atoms with Crippen LogP contribution in [-0.4, -0.2) is 28.6 Å². The molecule has 21 heavy (non-hydrogen) atoms. The third-order valence-corrected chi connectivity index (χ3v) is 2.70. The fourth-order valence-corrected chi connectivity index (χ4v) is 1.67. The van der Waals surface area contributed by atoms with E-state index in [2.05, 4.69) is 25.6 Å². The number of nitrogens with zero attached hydrogens (tertiary/aromatic N) is 3. The lowest BCUT2D eigenvalue weighted by Crippen LogP contribution is -2.09. The average Bonchev–Trinajstić information content (AvgIpc) is 2.48. The van der Waals surface area contributed by atoms with E-state index in [1.54, 1.807) is 12.1 Å². The zero-order valence-electron chi connectivity index (χ0n) is 12.3. The molecule has 1 aromatic heterocycles. The predicted octanol–water partition coefficient (Wildman–Crippen LogP) is 2.89. The third-order valence-electron chi connectivity index (χ3n) is 2.70. The van der Waals surface area contributed by atoms with Crippen molar-refractivity contribution < 1.29 is 9.13 Å². The summed E-state index contributed by atoms with van der Waals surface area (Å²) in [5, 5.41) is 5.89. The van der Waals surface area contributed by atoms with E-state index in [0.29, 0.717) is 11.6 Å². The highest BCUT2D eigenvalue weighted by atomic mass is 19.1. The van der Waals surface area contributed by atoms with Gasteiger partial charge in [0.15, 0.2) is 0 Å². The number of hydrogen-bond donors (Lipinski definition) is 2. The van der Waals surface area contributed by atoms with Gasteiger partial charge in [-0.1, -0.05) is 13.0 Å². The number of rotatable bonds is 6. The van der Waals surface area contributed by atoms with Crippen molar-refractivity contribution in [3.05, 3.63) is 29.6 Å². The van der Waals surface area contributed by atoms with E-state index in [1.165, 1.54) is 13.2 Å². The Hall–Kier alpha value is -2.44. The molecule has 0 bridgehead atoms. The number of aromatic nitrogens is 3. The Morgan fingerprint density at radius 3 is 2.67 bits per heavy atom. The number of aryl methyl sites for hydroxylation is 1. The minimum absolute atomic E-state index is 0.166. The largest absolute Gasteiger partial charge is 0.467 e. The lowest BCUT2D eigenvalue weighted by atomic mass is 10.2. The van der Waals surface area contributed by atoms with Gasteiger partial charge < -0.3 is 15.4 Å². The van der Waals surface area contributed by atoms with Crippen LogP contribution in [0.2, 0.25) is 0 Å². The first kappa shape index (κ1) is 15.0. The molecule has 112 valence electrons. The fourth-order valence-electron chi connectivity index (χ4n) is 1.67. The summed E-state index contributed by atoms with van der Waals surface area (Å²) in [6, 6.07) is 4.94. The molecule has 0 radical (unpaired) electrons. The molecule has 6 nitrogen and oxygen atoms in total. The molecule has 1 heterocycles. The molecule has 2 rings (SSSR count). The maximum absolute atomic E-state index is 13.8. The van der Waals surface area contributed by atoms with E-state index in [1.807, 2.05) is 13.8 Å². The first-order valence-electron chi connectivity index (χ1n) is 6.69. The van der Waals surface area contributed by atoms with E-state index in [0.717, 1.165) is 18.5 Å². The summed E-state index contributed by atoms with van der Waals surface area (Å²) in [5.74, 6) is 0.243. The van der Waals surface area contributed by atoms with Crippen molar-refractivity contribution in [2.75, 3.05) is 24.3 Å². The Morgan fingerprint density at radius 2 is 1.95 bits per heavy atom. The average molecular weight is 291 g/mol. The number of halogens is 1. The minimum Gasteiger partial charge on any atom is -0.467 e. The first-order valence-corrected chi connectivity index (χ1v) is 6.69. The quantitative estimate of drug-likeness (QED) is 0.852. The highest BCUT2D eigenvalue weighted by Crippen LogP contribution is 2.20. The second-order valence-corrected chi connectivity index (χ2v) is 4.50. The zero-order valence-corrected chi connectivity index (χ0v) is 12.3. The number of benzene rings is 1. The molecule has 0 atom stereocenters. The topological polar surface area (TPSA) is 72.0 Å². The van der Waals surface area contributed by atoms with Crippen LogP contribution in [-0.2, 0) is 0 Å². The Morgan fingerprint density at radius 1 is 1.19 bits per heavy atom. The molecule has 7 heteroatoms. The monoisotopic (exact) mass is 291 g/mol. The maximum atomic E-state index is 13.8. The Labute approximate surface area is 122 Å². The van der Waals surface area contributed by atoms with Gasteiger partial charge in [-0.25, -0.2) is 4.39 Å². The van der Waals surface area contributed by atoms with Gasteiger partial charge in [0, 0.05) is 6.54 Å². The molecule has 1 aromatic carbocycles. The van der Waals surface area contributed by atoms with E-state index >= 15 is 0 Å². The highest BCUT2D eigenvalue weighted by molar-refractivity contribution is 5.56. The lowest BCUT2D eigenvalue weighted by Gasteiger charge is -2.10. The molecular formula is C14H18FN5O. The molecule has 2 aromatic rings. The summed E-state index contributed by atoms with van der Waals surface area (Å²) >= 11 is 0. The maximum Gasteiger partial charge on any atom is 0.322 e. The van der Waals surface area contributed by atoms with Crippen molar-refractivity contribution in [3.63, 3.8) is 0 Å². The molecule has 0 saturated heterocycles. The van der Waals surface area contributed by atoms with Crippen LogP contribution >= 0.6 is 0 Å². The van der Waals surface area contributed by atoms with Crippen molar-refractivity contribution in [1.29, 1.82) is 0 Å². The summed E-state index contributed by atoms with van der Waals surface area (Å²) in [5.41, 5.74) is 1.24. The number of anilines is 3. The lowest BCUT2D eigenvalue weighted by molar-refractivity contribution is 0.379. The highest BCUT2D eigenvalue weighted by Gasteiger charge is 2.09. The summed E-state index contributed by atoms with van der Waals surface area (Å²) in [6.07, 6.45) is 0.934. The van der Waals surface area contributed by atoms with Crippen LogP contribution < -0.4 is 15.4 Å². The molecule has 0 aliphatic carbocycles. The smallest absolute Gasteiger partial charge is 0.322 e. The normalized spacial score (nSPS) is 10.3. The van der Waals surface area contributed by atoms with Crippen LogP contribution in [0.4, 0.5) is 22.0 Å². The molecule has 0 fully saturated rings. The van der Waals surface area contributed by atoms with Crippen LogP contribution in [0, 0.1) is 12.7 Å². The van der Waals surface area contributed by atoms with E-state index < -0.39 is 0 Å². The van der Waals surface area contributed by atoms with Gasteiger partial charge in [-0.05, 0) is 31.0 Å². The number of nitrogens with one attached hydrogen (secondary N) is 2. The van der Waals surface area contributed by atoms with Crippen molar-refractivity contribution in [2.24, 2.45) is 0 Å². The van der Waals surface area contributed by atoms with Crippen LogP contribution in [0.1, 0.15) is 18.9 Å². The summed E-state index contributed by atoms with van der Waals surface area (Å²) in [6.45, 7) is 4.64. The van der Waals surface area contributed by atoms with Crippen LogP contribution in [0.3, 0.4) is 0 Å². The van der Waals surface area contributed by atoms with Gasteiger partial charge in [-0.15, -0.1) is 0 Å². The second-order valence-electron chi connectivity index (χ2n) is 4.50. The molecule has 0 saturated carbocycles. The standard InChI is InChI=1S/C14H18FN5O/c1-4-7-16-12-18-13(20-14(19-12)21-3)17-11-8-9(2)5-6-10(11)15/h5-6,8H,4,7H2,1-3H3,(H2,16,17,18,19,20). The summed E-state index contributed by atoms with van der Waals surface area (Å²) < 4.78 is 18.8. The minimum atomic E-state index is -0.372. The van der Waals surface area contributed by atoms with Gasteiger partial charge >= 0.3 is 6.01 Å². The van der Waals surface area contributed by atoms with Crippen molar-refractivity contribution in [2.45, 2.75) is 20.3 Å². The fraction of sp³-hybridized carbons (Fsp3) is 0.357. The van der Waals surface area contributed by atoms with Crippen molar-refractivity contribution in [1.82, 2.24) is 15.0 Å². The zero-order chi connectivity index (χ0) is 15.2. The Bertz CT molecular complexity index is 620. The molecule has 0 aliphatic heterocycles. The number of ether oxygens (including phenoxy) is 1. The van der Waals surface area contributed by atoms with Gasteiger partial charge in [-0.2, -0.15) is 15.0 Å². The van der Waals surface area contributed by atoms with Gasteiger partial charge in [0.25, 0.3) is 0 Å². The molecular weight excluding hydrogens is 273 g/mol. The Balaban J connectivity index is 2.27. The molecule has 0 unspecified atom stereocenters. The third kappa shape index (κ3) is 4.01. The Kier molecular flexibility index (Phi) is 4.86. The van der Waals surface area contributed by atoms with E-state index in [4.69, 9.17) is 4.74 Å². The number of methoxy groups -OCH3 is 1. The van der Waals surface area contributed by atoms with E-state index in [-0.39, 0.29) is 17.8 Å². The summed E-state index contributed by atoms with van der Waals surface area (Å²) in [7, 11) is 1.47. The van der Waals surface area contributed by atoms with E-state index in [9.17, 15) is 4.39 Å². The van der Waals surface area contributed by atoms with Gasteiger partial charge in [-0.3, -0.25) is 0 Å². The van der Waals surface area contributed by atoms with Crippen molar-refractivity contribution in [3.8, 4) is 6.01 Å². The molecule has 2 N–H and O–H groups in total. The predicted molar refractivity (Wildman–Crippen MR) is 79.6 cm³/mol. The van der Waals surface area contributed by atoms with Crippen LogP contribution in [0.25, 0.3) is 0 Å². The first-order chi connectivity index (χ1) is 10.1. The van der Waals surface area contributed by atoms with Gasteiger partial charge in [0.05, 0.1) is 12.8 Å². The molecule has 0 spiro atoms. The summed E-state index contributed by atoms with van der Waals surface area (Å²) in [4.78, 5) is 12.3. The van der Waals surface area contributed by atoms with Crippen molar-refractivity contribution >= 4 is 17.6 Å². The van der Waals surface area contributed by atoms with Crippen LogP contribution in [0.5, 0.6) is 6.01 Å². The second kappa shape index (κ2) is 6.83. The number of hydrogen-bond acceptors (Lipinski definition) is 6.